The Kier molecular flexibility index (Phi) is 2.15. The molecule has 0 amide bonds. The molecule has 0 unspecified atom stereocenters. The van der Waals surface area contributed by atoms with Crippen molar-refractivity contribution in [2.24, 2.45) is 0 Å². The molecule has 0 fully saturated rings. The third-order valence-electron chi connectivity index (χ3n) is 2.87. The van der Waals surface area contributed by atoms with Crippen LogP contribution in [0.5, 0.6) is 5.75 Å². The molecular weight excluding hydrogens is 210 g/mol. The quantitative estimate of drug-likeness (QED) is 0.670. The number of pyridine rings is 1. The normalized spacial score (nSPS) is 10.9. The zero-order chi connectivity index (χ0) is 11.8. The second-order valence-corrected chi connectivity index (χ2v) is 4.19. The molecule has 0 saturated heterocycles. The number of aromatic nitrogens is 1. The molecule has 0 spiro atoms. The third-order valence-corrected chi connectivity index (χ3v) is 2.87. The van der Waals surface area contributed by atoms with Crippen LogP contribution < -0.4 is 0 Å². The molecule has 0 aliphatic rings. The van der Waals surface area contributed by atoms with E-state index in [-0.39, 0.29) is 0 Å². The summed E-state index contributed by atoms with van der Waals surface area (Å²) in [6.07, 6.45) is 5.19. The van der Waals surface area contributed by atoms with E-state index in [1.807, 2.05) is 53.9 Å². The lowest BCUT2D eigenvalue weighted by molar-refractivity contribution is 0.477. The van der Waals surface area contributed by atoms with Gasteiger partial charge in [-0.05, 0) is 37.3 Å². The van der Waals surface area contributed by atoms with Gasteiger partial charge in [0.05, 0.1) is 6.20 Å². The first-order valence-corrected chi connectivity index (χ1v) is 5.53. The van der Waals surface area contributed by atoms with Gasteiger partial charge in [-0.3, -0.25) is 0 Å². The summed E-state index contributed by atoms with van der Waals surface area (Å²) in [6.45, 7) is 2.01. The Bertz CT molecular complexity index is 649. The van der Waals surface area contributed by atoms with Crippen LogP contribution >= 0.6 is 0 Å². The lowest BCUT2D eigenvalue weighted by atomic mass is 10.1. The van der Waals surface area contributed by atoms with Crippen molar-refractivity contribution < 1.29 is 5.11 Å². The average molecular weight is 222 g/mol. The van der Waals surface area contributed by atoms with Gasteiger partial charge in [0.2, 0.25) is 0 Å². The Morgan fingerprint density at radius 2 is 2.00 bits per heavy atom. The lowest BCUT2D eigenvalue weighted by Crippen LogP contribution is -1.80. The summed E-state index contributed by atoms with van der Waals surface area (Å²) >= 11 is 0. The SMILES string of the molecule is Cc1ccc(O)c(-c2[c]n3ccccc3c2)c1. The molecule has 2 heteroatoms. The molecule has 0 saturated carbocycles. The van der Waals surface area contributed by atoms with Gasteiger partial charge in [-0.2, -0.15) is 0 Å². The lowest BCUT2D eigenvalue weighted by Gasteiger charge is -2.02. The van der Waals surface area contributed by atoms with Crippen molar-refractivity contribution in [3.63, 3.8) is 0 Å². The van der Waals surface area contributed by atoms with E-state index >= 15 is 0 Å². The second kappa shape index (κ2) is 3.67. The van der Waals surface area contributed by atoms with E-state index in [2.05, 4.69) is 6.20 Å². The van der Waals surface area contributed by atoms with Gasteiger partial charge in [-0.1, -0.05) is 17.7 Å². The van der Waals surface area contributed by atoms with E-state index in [1.165, 1.54) is 0 Å². The molecule has 2 nitrogen and oxygen atoms in total. The number of hydrogen-bond donors (Lipinski definition) is 1. The Morgan fingerprint density at radius 1 is 1.12 bits per heavy atom. The highest BCUT2D eigenvalue weighted by atomic mass is 16.3. The fourth-order valence-corrected chi connectivity index (χ4v) is 1.99. The van der Waals surface area contributed by atoms with Crippen LogP contribution in [0, 0.1) is 13.1 Å². The molecule has 1 aromatic carbocycles. The summed E-state index contributed by atoms with van der Waals surface area (Å²) in [5.74, 6) is 0.294. The van der Waals surface area contributed by atoms with Crippen molar-refractivity contribution in [3.05, 3.63) is 60.4 Å². The van der Waals surface area contributed by atoms with Crippen LogP contribution in [0.1, 0.15) is 5.56 Å². The van der Waals surface area contributed by atoms with Crippen molar-refractivity contribution in [2.45, 2.75) is 6.92 Å². The smallest absolute Gasteiger partial charge is 0.123 e. The molecule has 3 rings (SSSR count). The minimum atomic E-state index is 0.294. The molecular formula is C15H12NO. The fourth-order valence-electron chi connectivity index (χ4n) is 1.99. The maximum Gasteiger partial charge on any atom is 0.123 e. The first-order valence-electron chi connectivity index (χ1n) is 5.53. The summed E-state index contributed by atoms with van der Waals surface area (Å²) in [5.41, 5.74) is 3.94. The number of nitrogens with zero attached hydrogens (tertiary/aromatic N) is 1. The molecule has 0 aliphatic heterocycles. The number of phenols is 1. The predicted molar refractivity (Wildman–Crippen MR) is 68.1 cm³/mol. The monoisotopic (exact) mass is 222 g/mol. The Labute approximate surface area is 99.8 Å². The maximum absolute atomic E-state index is 9.88. The number of aromatic hydroxyl groups is 1. The standard InChI is InChI=1S/C15H12NO/c1-11-5-6-15(17)14(8-11)12-9-13-4-2-3-7-16(13)10-12/h2-9,17H,1H3. The Hall–Kier alpha value is -2.22. The number of benzene rings is 1. The van der Waals surface area contributed by atoms with Crippen LogP contribution in [-0.4, -0.2) is 9.51 Å². The number of fused-ring (bicyclic) bond motifs is 1. The predicted octanol–water partition coefficient (Wildman–Crippen LogP) is 3.42. The van der Waals surface area contributed by atoms with Gasteiger partial charge in [0, 0.05) is 22.8 Å². The minimum absolute atomic E-state index is 0.294. The molecule has 2 heterocycles. The van der Waals surface area contributed by atoms with Crippen LogP contribution in [0.15, 0.2) is 48.7 Å². The highest BCUT2D eigenvalue weighted by molar-refractivity contribution is 5.74. The van der Waals surface area contributed by atoms with Crippen LogP contribution in [0.3, 0.4) is 0 Å². The summed E-state index contributed by atoms with van der Waals surface area (Å²) in [5, 5.41) is 9.88. The van der Waals surface area contributed by atoms with Gasteiger partial charge in [0.25, 0.3) is 0 Å². The Balaban J connectivity index is 2.23. The first-order chi connectivity index (χ1) is 8.24. The number of phenolic OH excluding ortho intramolecular Hbond substituents is 1. The molecule has 1 radical (unpaired) electrons. The summed E-state index contributed by atoms with van der Waals surface area (Å²) in [6, 6.07) is 13.6. The van der Waals surface area contributed by atoms with Crippen LogP contribution in [0.2, 0.25) is 0 Å². The topological polar surface area (TPSA) is 24.6 Å². The van der Waals surface area contributed by atoms with Gasteiger partial charge >= 0.3 is 0 Å². The third kappa shape index (κ3) is 1.68. The highest BCUT2D eigenvalue weighted by Crippen LogP contribution is 2.30. The maximum atomic E-state index is 9.88. The van der Waals surface area contributed by atoms with Crippen molar-refractivity contribution in [2.75, 3.05) is 0 Å². The molecule has 0 bridgehead atoms. The summed E-state index contributed by atoms with van der Waals surface area (Å²) < 4.78 is 1.93. The van der Waals surface area contributed by atoms with E-state index in [4.69, 9.17) is 0 Å². The second-order valence-electron chi connectivity index (χ2n) is 4.19. The van der Waals surface area contributed by atoms with Crippen LogP contribution in [0.25, 0.3) is 16.6 Å². The summed E-state index contributed by atoms with van der Waals surface area (Å²) in [7, 11) is 0. The fraction of sp³-hybridized carbons (Fsp3) is 0.0667. The van der Waals surface area contributed by atoms with Crippen molar-refractivity contribution >= 4 is 5.52 Å². The van der Waals surface area contributed by atoms with E-state index in [0.717, 1.165) is 22.2 Å². The average Bonchev–Trinajstić information content (AvgIpc) is 2.75. The molecule has 3 aromatic rings. The molecule has 0 aliphatic carbocycles. The van der Waals surface area contributed by atoms with Crippen molar-refractivity contribution in [3.8, 4) is 16.9 Å². The number of aryl methyl sites for hydroxylation is 1. The van der Waals surface area contributed by atoms with Gasteiger partial charge < -0.3 is 9.51 Å². The number of rotatable bonds is 1. The first kappa shape index (κ1) is 9.97. The summed E-state index contributed by atoms with van der Waals surface area (Å²) in [4.78, 5) is 0. The van der Waals surface area contributed by atoms with Gasteiger partial charge in [-0.15, -0.1) is 0 Å². The largest absolute Gasteiger partial charge is 0.507 e. The minimum Gasteiger partial charge on any atom is -0.507 e. The van der Waals surface area contributed by atoms with Crippen LogP contribution in [0.4, 0.5) is 0 Å². The molecule has 2 aromatic heterocycles. The van der Waals surface area contributed by atoms with Gasteiger partial charge in [-0.25, -0.2) is 0 Å². The van der Waals surface area contributed by atoms with Gasteiger partial charge in [0.15, 0.2) is 0 Å². The van der Waals surface area contributed by atoms with Gasteiger partial charge in [0.1, 0.15) is 5.75 Å². The van der Waals surface area contributed by atoms with Crippen molar-refractivity contribution in [1.29, 1.82) is 0 Å². The van der Waals surface area contributed by atoms with Crippen LogP contribution in [-0.2, 0) is 0 Å². The molecule has 0 atom stereocenters. The molecule has 1 N–H and O–H groups in total. The highest BCUT2D eigenvalue weighted by Gasteiger charge is 2.07. The van der Waals surface area contributed by atoms with Crippen molar-refractivity contribution in [1.82, 2.24) is 4.40 Å². The van der Waals surface area contributed by atoms with E-state index < -0.39 is 0 Å². The molecule has 17 heavy (non-hydrogen) atoms. The zero-order valence-corrected chi connectivity index (χ0v) is 9.51. The molecule has 83 valence electrons. The van der Waals surface area contributed by atoms with E-state index in [0.29, 0.717) is 5.75 Å². The number of hydrogen-bond acceptors (Lipinski definition) is 1. The zero-order valence-electron chi connectivity index (χ0n) is 9.51. The van der Waals surface area contributed by atoms with E-state index in [1.54, 1.807) is 6.07 Å². The van der Waals surface area contributed by atoms with E-state index in [9.17, 15) is 5.11 Å². The Morgan fingerprint density at radius 3 is 2.82 bits per heavy atom.